The van der Waals surface area contributed by atoms with E-state index >= 15 is 0 Å². The average molecular weight is 467 g/mol. The molecule has 1 aliphatic rings. The molecular weight excluding hydrogens is 441 g/mol. The average Bonchev–Trinajstić information content (AvgIpc) is 2.76. The van der Waals surface area contributed by atoms with Crippen molar-refractivity contribution in [1.82, 2.24) is 15.5 Å². The maximum atomic E-state index is 14.6. The number of carboxylic acids is 1. The summed E-state index contributed by atoms with van der Waals surface area (Å²) in [4.78, 5) is 50.2. The topological polar surface area (TPSA) is 116 Å². The number of carboxylic acid groups (broad SMARTS) is 1. The van der Waals surface area contributed by atoms with E-state index in [0.717, 1.165) is 11.1 Å². The molecule has 2 aromatic rings. The summed E-state index contributed by atoms with van der Waals surface area (Å²) < 4.78 is 14.6. The van der Waals surface area contributed by atoms with Crippen molar-refractivity contribution in [2.24, 2.45) is 0 Å². The Hall–Kier alpha value is -4.01. The molecule has 34 heavy (non-hydrogen) atoms. The zero-order chi connectivity index (χ0) is 25.2. The Labute approximate surface area is 196 Å². The van der Waals surface area contributed by atoms with Gasteiger partial charge in [0.1, 0.15) is 5.82 Å². The molecule has 0 radical (unpaired) electrons. The molecule has 1 aliphatic heterocycles. The molecule has 2 unspecified atom stereocenters. The first-order chi connectivity index (χ1) is 16.0. The van der Waals surface area contributed by atoms with Crippen molar-refractivity contribution in [3.05, 3.63) is 70.7 Å². The van der Waals surface area contributed by atoms with Gasteiger partial charge in [-0.25, -0.2) is 9.18 Å². The van der Waals surface area contributed by atoms with Crippen LogP contribution in [0.15, 0.2) is 48.2 Å². The maximum absolute atomic E-state index is 14.6. The Balaban J connectivity index is 1.93. The van der Waals surface area contributed by atoms with Crippen LogP contribution in [0.1, 0.15) is 36.1 Å². The van der Waals surface area contributed by atoms with Crippen LogP contribution in [-0.4, -0.2) is 46.8 Å². The van der Waals surface area contributed by atoms with Gasteiger partial charge in [-0.15, -0.1) is 0 Å². The fourth-order valence-corrected chi connectivity index (χ4v) is 3.97. The summed E-state index contributed by atoms with van der Waals surface area (Å²) in [5.74, 6) is -3.00. The summed E-state index contributed by atoms with van der Waals surface area (Å²) >= 11 is 0. The number of carbonyl (C=O) groups excluding carboxylic acids is 3. The summed E-state index contributed by atoms with van der Waals surface area (Å²) in [5, 5.41) is 14.2. The van der Waals surface area contributed by atoms with E-state index in [9.17, 15) is 28.7 Å². The number of nitrogens with one attached hydrogen (secondary N) is 2. The molecule has 2 aromatic carbocycles. The van der Waals surface area contributed by atoms with Gasteiger partial charge in [-0.3, -0.25) is 14.4 Å². The van der Waals surface area contributed by atoms with Crippen molar-refractivity contribution in [3.63, 3.8) is 0 Å². The van der Waals surface area contributed by atoms with Gasteiger partial charge in [0, 0.05) is 18.8 Å². The Morgan fingerprint density at radius 1 is 1.12 bits per heavy atom. The first-order valence-corrected chi connectivity index (χ1v) is 10.6. The standard InChI is InChI=1S/C25H26FN3O5/c1-13-7-5-6-8-17(13)18-10-16(26)11-19(15(18)3)20(12-22(31)32)27-25(34)28-23-21(30)9-14(2)29(4)24(23)33/h5-11,20,23H,12H2,1-4H3,(H,31,32)(H2,27,28,34). The summed E-state index contributed by atoms with van der Waals surface area (Å²) in [7, 11) is 1.48. The molecule has 0 aromatic heterocycles. The lowest BCUT2D eigenvalue weighted by Gasteiger charge is -2.28. The van der Waals surface area contributed by atoms with E-state index < -0.39 is 48.0 Å². The Morgan fingerprint density at radius 2 is 1.79 bits per heavy atom. The number of allylic oxidation sites excluding steroid dienone is 1. The lowest BCUT2D eigenvalue weighted by atomic mass is 9.90. The molecule has 3 rings (SSSR count). The van der Waals surface area contributed by atoms with Gasteiger partial charge in [0.25, 0.3) is 5.91 Å². The Kier molecular flexibility index (Phi) is 7.14. The van der Waals surface area contributed by atoms with E-state index in [4.69, 9.17) is 0 Å². The minimum Gasteiger partial charge on any atom is -0.481 e. The number of carbonyl (C=O) groups is 4. The lowest BCUT2D eigenvalue weighted by molar-refractivity contribution is -0.138. The van der Waals surface area contributed by atoms with Crippen LogP contribution in [0.2, 0.25) is 0 Å². The van der Waals surface area contributed by atoms with Gasteiger partial charge in [-0.2, -0.15) is 0 Å². The van der Waals surface area contributed by atoms with Crippen molar-refractivity contribution < 1.29 is 28.7 Å². The highest BCUT2D eigenvalue weighted by atomic mass is 19.1. The van der Waals surface area contributed by atoms with Crippen LogP contribution in [0.4, 0.5) is 9.18 Å². The minimum atomic E-state index is -1.43. The van der Waals surface area contributed by atoms with E-state index in [1.807, 2.05) is 31.2 Å². The highest BCUT2D eigenvalue weighted by Gasteiger charge is 2.35. The molecule has 3 amide bonds. The second kappa shape index (κ2) is 9.86. The largest absolute Gasteiger partial charge is 0.481 e. The molecular formula is C25H26FN3O5. The number of halogens is 1. The molecule has 3 N–H and O–H groups in total. The van der Waals surface area contributed by atoms with Gasteiger partial charge >= 0.3 is 12.0 Å². The number of nitrogens with zero attached hydrogens (tertiary/aromatic N) is 1. The molecule has 0 fully saturated rings. The smallest absolute Gasteiger partial charge is 0.316 e. The molecule has 0 spiro atoms. The molecule has 1 heterocycles. The van der Waals surface area contributed by atoms with Crippen molar-refractivity contribution in [3.8, 4) is 11.1 Å². The fraction of sp³-hybridized carbons (Fsp3) is 0.280. The first-order valence-electron chi connectivity index (χ1n) is 10.6. The van der Waals surface area contributed by atoms with Crippen LogP contribution < -0.4 is 10.6 Å². The van der Waals surface area contributed by atoms with E-state index in [0.29, 0.717) is 16.8 Å². The summed E-state index contributed by atoms with van der Waals surface area (Å²) in [5.41, 5.74) is 3.59. The third-order valence-electron chi connectivity index (χ3n) is 5.93. The van der Waals surface area contributed by atoms with Gasteiger partial charge in [0.2, 0.25) is 0 Å². The number of ketones is 1. The SMILES string of the molecule is CC1=CC(=O)C(NC(=O)NC(CC(=O)O)c2cc(F)cc(-c3ccccc3C)c2C)C(=O)N1C. The third kappa shape index (κ3) is 5.14. The number of rotatable bonds is 6. The summed E-state index contributed by atoms with van der Waals surface area (Å²) in [6.45, 7) is 5.20. The van der Waals surface area contributed by atoms with Crippen molar-refractivity contribution >= 4 is 23.7 Å². The van der Waals surface area contributed by atoms with Crippen LogP contribution in [0, 0.1) is 19.7 Å². The number of aliphatic carboxylic acids is 1. The second-order valence-corrected chi connectivity index (χ2v) is 8.27. The van der Waals surface area contributed by atoms with E-state index in [1.165, 1.54) is 30.2 Å². The highest BCUT2D eigenvalue weighted by molar-refractivity contribution is 6.15. The number of amides is 3. The highest BCUT2D eigenvalue weighted by Crippen LogP contribution is 2.33. The second-order valence-electron chi connectivity index (χ2n) is 8.27. The number of likely N-dealkylation sites (N-methyl/N-ethyl adjacent to an activating group) is 1. The van der Waals surface area contributed by atoms with E-state index in [-0.39, 0.29) is 5.56 Å². The first kappa shape index (κ1) is 24.6. The Morgan fingerprint density at radius 3 is 2.44 bits per heavy atom. The molecule has 0 saturated carbocycles. The normalized spacial score (nSPS) is 16.7. The van der Waals surface area contributed by atoms with Gasteiger partial charge in [0.05, 0.1) is 12.5 Å². The molecule has 2 atom stereocenters. The quantitative estimate of drug-likeness (QED) is 0.564. The minimum absolute atomic E-state index is 0.282. The Bertz CT molecular complexity index is 1210. The molecule has 0 saturated heterocycles. The van der Waals surface area contributed by atoms with Crippen LogP contribution >= 0.6 is 0 Å². The molecule has 8 nitrogen and oxygen atoms in total. The zero-order valence-electron chi connectivity index (χ0n) is 19.3. The van der Waals surface area contributed by atoms with Crippen LogP contribution in [0.3, 0.4) is 0 Å². The summed E-state index contributed by atoms with van der Waals surface area (Å²) in [6.07, 6.45) is 0.711. The van der Waals surface area contributed by atoms with Crippen LogP contribution in [0.5, 0.6) is 0 Å². The summed E-state index contributed by atoms with van der Waals surface area (Å²) in [6, 6.07) is 6.47. The van der Waals surface area contributed by atoms with Crippen molar-refractivity contribution in [1.29, 1.82) is 0 Å². The number of hydrogen-bond acceptors (Lipinski definition) is 4. The monoisotopic (exact) mass is 467 g/mol. The number of benzene rings is 2. The molecule has 9 heteroatoms. The van der Waals surface area contributed by atoms with E-state index in [2.05, 4.69) is 10.6 Å². The van der Waals surface area contributed by atoms with Crippen molar-refractivity contribution in [2.75, 3.05) is 7.05 Å². The number of urea groups is 1. The van der Waals surface area contributed by atoms with Gasteiger partial charge in [0.15, 0.2) is 11.8 Å². The fourth-order valence-electron chi connectivity index (χ4n) is 3.97. The molecule has 178 valence electrons. The van der Waals surface area contributed by atoms with Gasteiger partial charge in [-0.1, -0.05) is 24.3 Å². The maximum Gasteiger partial charge on any atom is 0.316 e. The van der Waals surface area contributed by atoms with Gasteiger partial charge in [-0.05, 0) is 60.7 Å². The van der Waals surface area contributed by atoms with Gasteiger partial charge < -0.3 is 20.6 Å². The van der Waals surface area contributed by atoms with Crippen molar-refractivity contribution in [2.45, 2.75) is 39.3 Å². The van der Waals surface area contributed by atoms with E-state index in [1.54, 1.807) is 13.8 Å². The van der Waals surface area contributed by atoms with Crippen LogP contribution in [-0.2, 0) is 14.4 Å². The predicted molar refractivity (Wildman–Crippen MR) is 123 cm³/mol. The lowest BCUT2D eigenvalue weighted by Crippen LogP contribution is -2.56. The third-order valence-corrected chi connectivity index (χ3v) is 5.93. The molecule has 0 aliphatic carbocycles. The van der Waals surface area contributed by atoms with Crippen LogP contribution in [0.25, 0.3) is 11.1 Å². The number of aryl methyl sites for hydroxylation is 1. The molecule has 0 bridgehead atoms. The zero-order valence-corrected chi connectivity index (χ0v) is 19.3. The predicted octanol–water partition coefficient (Wildman–Crippen LogP) is 3.24. The number of hydrogen-bond donors (Lipinski definition) is 3.